The molecule has 0 saturated heterocycles. The van der Waals surface area contributed by atoms with Gasteiger partial charge in [0.05, 0.1) is 12.0 Å². The second kappa shape index (κ2) is 8.33. The van der Waals surface area contributed by atoms with Crippen molar-refractivity contribution in [3.8, 4) is 5.75 Å². The highest BCUT2D eigenvalue weighted by molar-refractivity contribution is 7.89. The topological polar surface area (TPSA) is 75.7 Å². The largest absolute Gasteiger partial charge is 0.496 e. The van der Waals surface area contributed by atoms with Crippen LogP contribution in [0.4, 0.5) is 0 Å². The van der Waals surface area contributed by atoms with E-state index in [0.717, 1.165) is 21.2 Å². The molecule has 2 rings (SSSR count). The van der Waals surface area contributed by atoms with Gasteiger partial charge in [0.25, 0.3) is 5.91 Å². The molecule has 7 heteroatoms. The van der Waals surface area contributed by atoms with Crippen LogP contribution in [0.5, 0.6) is 5.75 Å². The van der Waals surface area contributed by atoms with Crippen LogP contribution in [0.25, 0.3) is 0 Å². The van der Waals surface area contributed by atoms with E-state index in [1.165, 1.54) is 26.2 Å². The summed E-state index contributed by atoms with van der Waals surface area (Å²) < 4.78 is 30.8. The fourth-order valence-electron chi connectivity index (χ4n) is 2.52. The molecule has 1 N–H and O–H groups in total. The zero-order valence-electron chi connectivity index (χ0n) is 15.4. The van der Waals surface area contributed by atoms with Gasteiger partial charge >= 0.3 is 0 Å². The van der Waals surface area contributed by atoms with E-state index in [1.807, 2.05) is 25.1 Å². The third-order valence-electron chi connectivity index (χ3n) is 3.99. The minimum absolute atomic E-state index is 0.0931. The number of nitrogens with zero attached hydrogens (tertiary/aromatic N) is 1. The van der Waals surface area contributed by atoms with Crippen molar-refractivity contribution in [3.63, 3.8) is 0 Å². The fourth-order valence-corrected chi connectivity index (χ4v) is 3.47. The van der Waals surface area contributed by atoms with Crippen LogP contribution in [0.1, 0.15) is 21.5 Å². The minimum atomic E-state index is -3.57. The van der Waals surface area contributed by atoms with Crippen molar-refractivity contribution < 1.29 is 17.9 Å². The van der Waals surface area contributed by atoms with E-state index in [-0.39, 0.29) is 10.8 Å². The Labute approximate surface area is 154 Å². The molecule has 0 aliphatic heterocycles. The van der Waals surface area contributed by atoms with Gasteiger partial charge in [0, 0.05) is 26.2 Å². The first-order chi connectivity index (χ1) is 12.3. The number of amides is 1. The summed E-state index contributed by atoms with van der Waals surface area (Å²) in [6.07, 6.45) is 0.617. The Morgan fingerprint density at radius 3 is 2.54 bits per heavy atom. The molecule has 0 atom stereocenters. The predicted molar refractivity (Wildman–Crippen MR) is 101 cm³/mol. The van der Waals surface area contributed by atoms with Crippen LogP contribution in [0.2, 0.25) is 0 Å². The van der Waals surface area contributed by atoms with Crippen molar-refractivity contribution in [2.24, 2.45) is 0 Å². The summed E-state index contributed by atoms with van der Waals surface area (Å²) in [5.74, 6) is 0.469. The normalized spacial score (nSPS) is 11.4. The van der Waals surface area contributed by atoms with E-state index in [0.29, 0.717) is 18.5 Å². The average Bonchev–Trinajstić information content (AvgIpc) is 2.61. The highest BCUT2D eigenvalue weighted by Crippen LogP contribution is 2.20. The molecule has 0 radical (unpaired) electrons. The molecule has 0 aliphatic rings. The summed E-state index contributed by atoms with van der Waals surface area (Å²) in [5, 5.41) is 2.82. The number of benzene rings is 2. The summed E-state index contributed by atoms with van der Waals surface area (Å²) >= 11 is 0. The van der Waals surface area contributed by atoms with E-state index in [1.54, 1.807) is 19.2 Å². The number of sulfonamides is 1. The van der Waals surface area contributed by atoms with Crippen LogP contribution in [-0.2, 0) is 16.4 Å². The number of hydrogen-bond acceptors (Lipinski definition) is 4. The second-order valence-corrected chi connectivity index (χ2v) is 8.29. The molecule has 0 fully saturated rings. The maximum atomic E-state index is 12.4. The Morgan fingerprint density at radius 2 is 1.88 bits per heavy atom. The van der Waals surface area contributed by atoms with Crippen molar-refractivity contribution >= 4 is 15.9 Å². The number of nitrogens with one attached hydrogen (secondary N) is 1. The number of hydrogen-bond donors (Lipinski definition) is 1. The van der Waals surface area contributed by atoms with Crippen molar-refractivity contribution in [1.82, 2.24) is 9.62 Å². The number of carbonyl (C=O) groups excluding carboxylic acids is 1. The summed E-state index contributed by atoms with van der Waals surface area (Å²) in [6.45, 7) is 2.42. The standard InChI is InChI=1S/C19H24N2O4S/c1-14-8-9-18(25-4)15(12-14)10-11-20-19(22)16-6-5-7-17(13-16)26(23,24)21(2)3/h5-9,12-13H,10-11H2,1-4H3,(H,20,22). The van der Waals surface area contributed by atoms with Gasteiger partial charge in [0.2, 0.25) is 10.0 Å². The molecular weight excluding hydrogens is 352 g/mol. The smallest absolute Gasteiger partial charge is 0.251 e. The monoisotopic (exact) mass is 376 g/mol. The van der Waals surface area contributed by atoms with Gasteiger partial charge < -0.3 is 10.1 Å². The van der Waals surface area contributed by atoms with E-state index in [4.69, 9.17) is 4.74 Å². The summed E-state index contributed by atoms with van der Waals surface area (Å²) in [7, 11) is 0.952. The van der Waals surface area contributed by atoms with Crippen molar-refractivity contribution in [1.29, 1.82) is 0 Å². The molecule has 2 aromatic carbocycles. The number of aryl methyl sites for hydroxylation is 1. The van der Waals surface area contributed by atoms with Crippen molar-refractivity contribution in [2.75, 3.05) is 27.7 Å². The molecule has 0 unspecified atom stereocenters. The van der Waals surface area contributed by atoms with Crippen molar-refractivity contribution in [3.05, 3.63) is 59.2 Å². The number of ether oxygens (including phenoxy) is 1. The SMILES string of the molecule is COc1ccc(C)cc1CCNC(=O)c1cccc(S(=O)(=O)N(C)C)c1. The van der Waals surface area contributed by atoms with E-state index < -0.39 is 10.0 Å². The predicted octanol–water partition coefficient (Wildman–Crippen LogP) is 2.23. The van der Waals surface area contributed by atoms with Gasteiger partial charge in [0.1, 0.15) is 5.75 Å². The van der Waals surface area contributed by atoms with Gasteiger partial charge in [-0.2, -0.15) is 0 Å². The van der Waals surface area contributed by atoms with Crippen LogP contribution < -0.4 is 10.1 Å². The zero-order chi connectivity index (χ0) is 19.3. The van der Waals surface area contributed by atoms with Crippen LogP contribution in [0.3, 0.4) is 0 Å². The van der Waals surface area contributed by atoms with E-state index >= 15 is 0 Å². The minimum Gasteiger partial charge on any atom is -0.496 e. The second-order valence-electron chi connectivity index (χ2n) is 6.14. The maximum Gasteiger partial charge on any atom is 0.251 e. The van der Waals surface area contributed by atoms with Crippen LogP contribution >= 0.6 is 0 Å². The Kier molecular flexibility index (Phi) is 6.39. The molecular formula is C19H24N2O4S. The molecule has 6 nitrogen and oxygen atoms in total. The van der Waals surface area contributed by atoms with Gasteiger partial charge in [-0.3, -0.25) is 4.79 Å². The third kappa shape index (κ3) is 4.62. The molecule has 0 spiro atoms. The maximum absolute atomic E-state index is 12.4. The third-order valence-corrected chi connectivity index (χ3v) is 5.80. The number of carbonyl (C=O) groups is 1. The highest BCUT2D eigenvalue weighted by Gasteiger charge is 2.18. The Bertz CT molecular complexity index is 892. The molecule has 0 saturated carbocycles. The van der Waals surface area contributed by atoms with Gasteiger partial charge in [-0.15, -0.1) is 0 Å². The van der Waals surface area contributed by atoms with Crippen molar-refractivity contribution in [2.45, 2.75) is 18.2 Å². The first-order valence-electron chi connectivity index (χ1n) is 8.20. The molecule has 0 heterocycles. The molecule has 26 heavy (non-hydrogen) atoms. The number of rotatable bonds is 7. The summed E-state index contributed by atoms with van der Waals surface area (Å²) in [5.41, 5.74) is 2.44. The van der Waals surface area contributed by atoms with Gasteiger partial charge in [-0.25, -0.2) is 12.7 Å². The molecule has 0 bridgehead atoms. The lowest BCUT2D eigenvalue weighted by Gasteiger charge is -2.13. The fraction of sp³-hybridized carbons (Fsp3) is 0.316. The Morgan fingerprint density at radius 1 is 1.15 bits per heavy atom. The molecule has 1 amide bonds. The van der Waals surface area contributed by atoms with Gasteiger partial charge in [-0.05, 0) is 43.2 Å². The Balaban J connectivity index is 2.06. The zero-order valence-corrected chi connectivity index (χ0v) is 16.3. The van der Waals surface area contributed by atoms with Crippen LogP contribution in [0, 0.1) is 6.92 Å². The van der Waals surface area contributed by atoms with E-state index in [9.17, 15) is 13.2 Å². The lowest BCUT2D eigenvalue weighted by atomic mass is 10.1. The quantitative estimate of drug-likeness (QED) is 0.804. The van der Waals surface area contributed by atoms with Crippen LogP contribution in [-0.4, -0.2) is 46.4 Å². The van der Waals surface area contributed by atoms with Gasteiger partial charge in [-0.1, -0.05) is 23.8 Å². The molecule has 0 aromatic heterocycles. The summed E-state index contributed by atoms with van der Waals surface area (Å²) in [4.78, 5) is 12.4. The molecule has 2 aromatic rings. The average molecular weight is 376 g/mol. The molecule has 0 aliphatic carbocycles. The van der Waals surface area contributed by atoms with Crippen LogP contribution in [0.15, 0.2) is 47.4 Å². The summed E-state index contributed by atoms with van der Waals surface area (Å²) in [6, 6.07) is 11.9. The lowest BCUT2D eigenvalue weighted by molar-refractivity contribution is 0.0954. The van der Waals surface area contributed by atoms with Gasteiger partial charge in [0.15, 0.2) is 0 Å². The number of methoxy groups -OCH3 is 1. The first kappa shape index (κ1) is 19.9. The molecule has 140 valence electrons. The highest BCUT2D eigenvalue weighted by atomic mass is 32.2. The Hall–Kier alpha value is -2.38. The lowest BCUT2D eigenvalue weighted by Crippen LogP contribution is -2.27. The first-order valence-corrected chi connectivity index (χ1v) is 9.64. The van der Waals surface area contributed by atoms with E-state index in [2.05, 4.69) is 5.32 Å².